The predicted molar refractivity (Wildman–Crippen MR) is 142 cm³/mol. The largest absolute Gasteiger partial charge is 0.331 e. The number of hydrogen-bond acceptors (Lipinski definition) is 5. The van der Waals surface area contributed by atoms with Gasteiger partial charge >= 0.3 is 6.03 Å². The van der Waals surface area contributed by atoms with Gasteiger partial charge in [-0.05, 0) is 51.2 Å². The lowest BCUT2D eigenvalue weighted by Crippen LogP contribution is -2.47. The second-order valence-electron chi connectivity index (χ2n) is 9.05. The van der Waals surface area contributed by atoms with Crippen LogP contribution in [-0.2, 0) is 11.3 Å². The molecule has 1 aromatic heterocycles. The first-order valence-electron chi connectivity index (χ1n) is 12.1. The Labute approximate surface area is 212 Å². The van der Waals surface area contributed by atoms with Gasteiger partial charge in [-0.25, -0.2) is 19.7 Å². The lowest BCUT2D eigenvalue weighted by atomic mass is 10.0. The molecule has 0 bridgehead atoms. The maximum atomic E-state index is 14.0. The van der Waals surface area contributed by atoms with Crippen LogP contribution in [0.4, 0.5) is 22.0 Å². The number of amides is 3. The number of anilines is 3. The first-order chi connectivity index (χ1) is 17.4. The zero-order valence-corrected chi connectivity index (χ0v) is 21.2. The van der Waals surface area contributed by atoms with Crippen molar-refractivity contribution in [3.63, 3.8) is 0 Å². The van der Waals surface area contributed by atoms with Gasteiger partial charge in [-0.2, -0.15) is 0 Å². The Balaban J connectivity index is 1.69. The van der Waals surface area contributed by atoms with E-state index >= 15 is 0 Å². The molecule has 0 fully saturated rings. The van der Waals surface area contributed by atoms with Crippen LogP contribution in [0.3, 0.4) is 0 Å². The van der Waals surface area contributed by atoms with Crippen molar-refractivity contribution < 1.29 is 9.59 Å². The summed E-state index contributed by atoms with van der Waals surface area (Å²) in [7, 11) is 3.88. The van der Waals surface area contributed by atoms with Crippen LogP contribution in [0.1, 0.15) is 36.3 Å². The molecule has 0 saturated heterocycles. The SMILES string of the molecule is CCC(c1ccccc1)N1Cc2cnc(C)nc2N(c2cccc(NC(=O)/C=C/CN(C)C)c2)C1=O. The molecule has 4 rings (SSSR count). The van der Waals surface area contributed by atoms with E-state index in [1.807, 2.05) is 73.3 Å². The molecule has 3 aromatic rings. The second-order valence-corrected chi connectivity index (χ2v) is 9.05. The predicted octanol–water partition coefficient (Wildman–Crippen LogP) is 5.07. The quantitative estimate of drug-likeness (QED) is 0.452. The average molecular weight is 485 g/mol. The molecule has 36 heavy (non-hydrogen) atoms. The molecule has 0 spiro atoms. The van der Waals surface area contributed by atoms with Crippen LogP contribution in [0.25, 0.3) is 0 Å². The summed E-state index contributed by atoms with van der Waals surface area (Å²) >= 11 is 0. The van der Waals surface area contributed by atoms with Gasteiger partial charge < -0.3 is 15.1 Å². The lowest BCUT2D eigenvalue weighted by molar-refractivity contribution is -0.111. The third-order valence-corrected chi connectivity index (χ3v) is 6.01. The Morgan fingerprint density at radius 3 is 2.67 bits per heavy atom. The maximum absolute atomic E-state index is 14.0. The van der Waals surface area contributed by atoms with Gasteiger partial charge in [0.15, 0.2) is 0 Å². The minimum absolute atomic E-state index is 0.0969. The van der Waals surface area contributed by atoms with Gasteiger partial charge in [0.25, 0.3) is 0 Å². The molecule has 1 aliphatic heterocycles. The Kier molecular flexibility index (Phi) is 7.75. The third kappa shape index (κ3) is 5.60. The van der Waals surface area contributed by atoms with E-state index in [0.717, 1.165) is 17.5 Å². The van der Waals surface area contributed by atoms with Gasteiger partial charge in [-0.1, -0.05) is 49.4 Å². The molecule has 1 N–H and O–H groups in total. The molecule has 8 heteroatoms. The fourth-order valence-electron chi connectivity index (χ4n) is 4.32. The number of rotatable bonds is 8. The van der Waals surface area contributed by atoms with Crippen molar-refractivity contribution >= 4 is 29.1 Å². The normalized spacial score (nSPS) is 14.3. The van der Waals surface area contributed by atoms with Gasteiger partial charge in [0.05, 0.1) is 18.3 Å². The molecule has 0 saturated carbocycles. The number of carbonyl (C=O) groups is 2. The van der Waals surface area contributed by atoms with Crippen molar-refractivity contribution in [2.24, 2.45) is 0 Å². The van der Waals surface area contributed by atoms with E-state index in [4.69, 9.17) is 0 Å². The maximum Gasteiger partial charge on any atom is 0.331 e. The van der Waals surface area contributed by atoms with Crippen molar-refractivity contribution in [2.75, 3.05) is 30.9 Å². The summed E-state index contributed by atoms with van der Waals surface area (Å²) in [5.41, 5.74) is 3.17. The Morgan fingerprint density at radius 1 is 1.17 bits per heavy atom. The van der Waals surface area contributed by atoms with Crippen LogP contribution in [0.2, 0.25) is 0 Å². The third-order valence-electron chi connectivity index (χ3n) is 6.01. The van der Waals surface area contributed by atoms with E-state index in [1.54, 1.807) is 29.3 Å². The number of fused-ring (bicyclic) bond motifs is 1. The summed E-state index contributed by atoms with van der Waals surface area (Å²) < 4.78 is 0. The molecule has 3 amide bonds. The van der Waals surface area contributed by atoms with E-state index in [2.05, 4.69) is 22.2 Å². The summed E-state index contributed by atoms with van der Waals surface area (Å²) in [6, 6.07) is 17.1. The van der Waals surface area contributed by atoms with Gasteiger partial charge in [0, 0.05) is 30.1 Å². The number of hydrogen-bond donors (Lipinski definition) is 1. The first-order valence-corrected chi connectivity index (χ1v) is 12.1. The fourth-order valence-corrected chi connectivity index (χ4v) is 4.32. The zero-order valence-electron chi connectivity index (χ0n) is 21.2. The van der Waals surface area contributed by atoms with Gasteiger partial charge in [0.1, 0.15) is 11.6 Å². The van der Waals surface area contributed by atoms with Crippen molar-refractivity contribution in [2.45, 2.75) is 32.9 Å². The summed E-state index contributed by atoms with van der Waals surface area (Å²) in [4.78, 5) is 40.9. The van der Waals surface area contributed by atoms with E-state index in [-0.39, 0.29) is 18.0 Å². The standard InChI is InChI=1S/C28H32N6O2/c1-5-25(21-11-7-6-8-12-21)33-19-22-18-29-20(2)30-27(22)34(28(33)36)24-14-9-13-23(17-24)31-26(35)15-10-16-32(3)4/h6-15,17-18,25H,5,16,19H2,1-4H3,(H,31,35)/b15-10+. The molecule has 186 valence electrons. The Bertz CT molecular complexity index is 1260. The molecule has 2 aromatic carbocycles. The highest BCUT2D eigenvalue weighted by molar-refractivity contribution is 6.03. The molecular weight excluding hydrogens is 452 g/mol. The Morgan fingerprint density at radius 2 is 1.94 bits per heavy atom. The number of aryl methyl sites for hydroxylation is 1. The van der Waals surface area contributed by atoms with Crippen molar-refractivity contribution in [1.29, 1.82) is 0 Å². The molecule has 0 radical (unpaired) electrons. The minimum Gasteiger partial charge on any atom is -0.322 e. The fraction of sp³-hybridized carbons (Fsp3) is 0.286. The Hall–Kier alpha value is -4.04. The van der Waals surface area contributed by atoms with Crippen LogP contribution >= 0.6 is 0 Å². The highest BCUT2D eigenvalue weighted by atomic mass is 16.2. The number of urea groups is 1. The summed E-state index contributed by atoms with van der Waals surface area (Å²) in [5, 5.41) is 2.89. The van der Waals surface area contributed by atoms with E-state index in [9.17, 15) is 9.59 Å². The van der Waals surface area contributed by atoms with E-state index < -0.39 is 0 Å². The lowest BCUT2D eigenvalue weighted by Gasteiger charge is -2.40. The molecular formula is C28H32N6O2. The smallest absolute Gasteiger partial charge is 0.322 e. The van der Waals surface area contributed by atoms with Crippen LogP contribution in [0.15, 0.2) is 72.9 Å². The monoisotopic (exact) mass is 484 g/mol. The topological polar surface area (TPSA) is 81.7 Å². The highest BCUT2D eigenvalue weighted by Gasteiger charge is 2.37. The number of likely N-dealkylation sites (N-methyl/N-ethyl adjacent to an activating group) is 1. The zero-order chi connectivity index (χ0) is 25.7. The summed E-state index contributed by atoms with van der Waals surface area (Å²) in [6.45, 7) is 4.98. The van der Waals surface area contributed by atoms with Crippen molar-refractivity contribution in [3.8, 4) is 0 Å². The van der Waals surface area contributed by atoms with Crippen molar-refractivity contribution in [3.05, 3.63) is 89.9 Å². The summed E-state index contributed by atoms with van der Waals surface area (Å²) in [6.07, 6.45) is 5.87. The number of benzene rings is 2. The molecule has 1 atom stereocenters. The van der Waals surface area contributed by atoms with Gasteiger partial charge in [-0.15, -0.1) is 0 Å². The number of carbonyl (C=O) groups excluding carboxylic acids is 2. The van der Waals surface area contributed by atoms with Gasteiger partial charge in [0.2, 0.25) is 5.91 Å². The molecule has 1 unspecified atom stereocenters. The molecule has 0 aliphatic carbocycles. The highest BCUT2D eigenvalue weighted by Crippen LogP contribution is 2.38. The minimum atomic E-state index is -0.228. The number of nitrogens with zero attached hydrogens (tertiary/aromatic N) is 5. The number of nitrogens with one attached hydrogen (secondary N) is 1. The van der Waals surface area contributed by atoms with Crippen LogP contribution in [0, 0.1) is 6.92 Å². The summed E-state index contributed by atoms with van der Waals surface area (Å²) in [5.74, 6) is 0.931. The van der Waals surface area contributed by atoms with Crippen molar-refractivity contribution in [1.82, 2.24) is 19.8 Å². The molecule has 8 nitrogen and oxygen atoms in total. The van der Waals surface area contributed by atoms with E-state index in [1.165, 1.54) is 6.08 Å². The van der Waals surface area contributed by atoms with Crippen LogP contribution in [-0.4, -0.2) is 52.3 Å². The first kappa shape index (κ1) is 25.1. The molecule has 2 heterocycles. The van der Waals surface area contributed by atoms with Crippen LogP contribution < -0.4 is 10.2 Å². The molecule has 1 aliphatic rings. The van der Waals surface area contributed by atoms with Crippen LogP contribution in [0.5, 0.6) is 0 Å². The number of aromatic nitrogens is 2. The van der Waals surface area contributed by atoms with Gasteiger partial charge in [-0.3, -0.25) is 4.79 Å². The average Bonchev–Trinajstić information content (AvgIpc) is 2.85. The van der Waals surface area contributed by atoms with E-state index in [0.29, 0.717) is 36.1 Å². The second kappa shape index (κ2) is 11.1.